The Hall–Kier alpha value is -0.900. The highest BCUT2D eigenvalue weighted by molar-refractivity contribution is 5.05. The molecule has 0 spiro atoms. The fraction of sp³-hybridized carbons (Fsp3) is 0.889. The van der Waals surface area contributed by atoms with Crippen molar-refractivity contribution < 1.29 is 0 Å². The normalized spacial score (nSPS) is 24.5. The van der Waals surface area contributed by atoms with Gasteiger partial charge in [-0.05, 0) is 44.6 Å². The number of nitrogens with zero attached hydrogens (tertiary/aromatic N) is 4. The van der Waals surface area contributed by atoms with Gasteiger partial charge < -0.3 is 4.57 Å². The molecule has 0 radical (unpaired) electrons. The average molecular weight is 304 g/mol. The molecule has 2 heterocycles. The molecule has 4 nitrogen and oxygen atoms in total. The van der Waals surface area contributed by atoms with E-state index in [0.29, 0.717) is 5.92 Å². The van der Waals surface area contributed by atoms with Gasteiger partial charge in [-0.25, -0.2) is 0 Å². The third-order valence-corrected chi connectivity index (χ3v) is 5.56. The van der Waals surface area contributed by atoms with Crippen LogP contribution in [0.25, 0.3) is 0 Å². The SMILES string of the molecule is CC(C)CC1CCCCCN1Cc1nnc(C2CCC2)n1C. The number of rotatable bonds is 5. The molecule has 1 aliphatic carbocycles. The summed E-state index contributed by atoms with van der Waals surface area (Å²) < 4.78 is 2.28. The molecule has 1 aliphatic heterocycles. The second-order valence-corrected chi connectivity index (χ2v) is 7.76. The van der Waals surface area contributed by atoms with Crippen LogP contribution in [0.1, 0.15) is 82.8 Å². The predicted octanol–water partition coefficient (Wildman–Crippen LogP) is 3.87. The van der Waals surface area contributed by atoms with E-state index in [0.717, 1.165) is 24.3 Å². The Morgan fingerprint density at radius 2 is 1.86 bits per heavy atom. The summed E-state index contributed by atoms with van der Waals surface area (Å²) in [6.07, 6.45) is 10.7. The van der Waals surface area contributed by atoms with Crippen LogP contribution in [0, 0.1) is 5.92 Å². The van der Waals surface area contributed by atoms with Crippen LogP contribution >= 0.6 is 0 Å². The molecule has 2 fully saturated rings. The fourth-order valence-corrected chi connectivity index (χ4v) is 3.97. The highest BCUT2D eigenvalue weighted by atomic mass is 15.3. The molecule has 1 unspecified atom stereocenters. The van der Waals surface area contributed by atoms with Crippen molar-refractivity contribution in [3.05, 3.63) is 11.6 Å². The van der Waals surface area contributed by atoms with Gasteiger partial charge in [0, 0.05) is 19.0 Å². The molecule has 2 aliphatic rings. The molecule has 1 aromatic heterocycles. The lowest BCUT2D eigenvalue weighted by Gasteiger charge is -2.31. The van der Waals surface area contributed by atoms with E-state index in [9.17, 15) is 0 Å². The summed E-state index contributed by atoms with van der Waals surface area (Å²) in [7, 11) is 2.16. The zero-order valence-electron chi connectivity index (χ0n) is 14.6. The van der Waals surface area contributed by atoms with E-state index in [1.54, 1.807) is 0 Å². The third kappa shape index (κ3) is 3.53. The Morgan fingerprint density at radius 1 is 1.05 bits per heavy atom. The molecule has 22 heavy (non-hydrogen) atoms. The zero-order valence-corrected chi connectivity index (χ0v) is 14.6. The van der Waals surface area contributed by atoms with E-state index in [-0.39, 0.29) is 0 Å². The Morgan fingerprint density at radius 3 is 2.55 bits per heavy atom. The molecular formula is C18H32N4. The second kappa shape index (κ2) is 7.12. The van der Waals surface area contributed by atoms with Crippen LogP contribution in [-0.2, 0) is 13.6 Å². The van der Waals surface area contributed by atoms with Crippen molar-refractivity contribution in [1.29, 1.82) is 0 Å². The van der Waals surface area contributed by atoms with Gasteiger partial charge in [0.05, 0.1) is 6.54 Å². The van der Waals surface area contributed by atoms with Gasteiger partial charge in [0.25, 0.3) is 0 Å². The van der Waals surface area contributed by atoms with E-state index in [2.05, 4.69) is 40.6 Å². The zero-order chi connectivity index (χ0) is 15.5. The molecule has 0 bridgehead atoms. The minimum atomic E-state index is 0.668. The molecule has 3 rings (SSSR count). The second-order valence-electron chi connectivity index (χ2n) is 7.76. The summed E-state index contributed by atoms with van der Waals surface area (Å²) in [5.74, 6) is 3.83. The molecule has 124 valence electrons. The van der Waals surface area contributed by atoms with Gasteiger partial charge in [0.1, 0.15) is 11.6 Å². The van der Waals surface area contributed by atoms with Gasteiger partial charge in [-0.2, -0.15) is 0 Å². The van der Waals surface area contributed by atoms with Crippen molar-refractivity contribution in [1.82, 2.24) is 19.7 Å². The summed E-state index contributed by atoms with van der Waals surface area (Å²) in [4.78, 5) is 2.68. The smallest absolute Gasteiger partial charge is 0.146 e. The van der Waals surface area contributed by atoms with Crippen molar-refractivity contribution >= 4 is 0 Å². The van der Waals surface area contributed by atoms with Gasteiger partial charge >= 0.3 is 0 Å². The van der Waals surface area contributed by atoms with Crippen LogP contribution in [0.15, 0.2) is 0 Å². The lowest BCUT2D eigenvalue weighted by atomic mass is 9.85. The molecular weight excluding hydrogens is 272 g/mol. The quantitative estimate of drug-likeness (QED) is 0.828. The maximum absolute atomic E-state index is 4.53. The summed E-state index contributed by atoms with van der Waals surface area (Å²) in [6.45, 7) is 6.90. The Balaban J connectivity index is 1.70. The lowest BCUT2D eigenvalue weighted by molar-refractivity contribution is 0.162. The van der Waals surface area contributed by atoms with E-state index >= 15 is 0 Å². The van der Waals surface area contributed by atoms with Crippen LogP contribution < -0.4 is 0 Å². The van der Waals surface area contributed by atoms with Crippen molar-refractivity contribution in [3.8, 4) is 0 Å². The Labute approximate surface area is 135 Å². The number of aromatic nitrogens is 3. The molecule has 1 saturated heterocycles. The predicted molar refractivity (Wildman–Crippen MR) is 89.7 cm³/mol. The topological polar surface area (TPSA) is 34.0 Å². The first kappa shape index (κ1) is 16.0. The average Bonchev–Trinajstić information content (AvgIpc) is 2.63. The van der Waals surface area contributed by atoms with Crippen LogP contribution in [0.5, 0.6) is 0 Å². The van der Waals surface area contributed by atoms with E-state index < -0.39 is 0 Å². The van der Waals surface area contributed by atoms with Crippen molar-refractivity contribution in [3.63, 3.8) is 0 Å². The molecule has 1 aromatic rings. The van der Waals surface area contributed by atoms with Gasteiger partial charge in [0.2, 0.25) is 0 Å². The van der Waals surface area contributed by atoms with E-state index in [1.165, 1.54) is 63.7 Å². The first-order valence-electron chi connectivity index (χ1n) is 9.27. The van der Waals surface area contributed by atoms with Gasteiger partial charge in [-0.1, -0.05) is 33.1 Å². The standard InChI is InChI=1S/C18H32N4/c1-14(2)12-16-10-5-4-6-11-22(16)13-17-19-20-18(21(17)3)15-8-7-9-15/h14-16H,4-13H2,1-3H3. The van der Waals surface area contributed by atoms with Crippen LogP contribution in [0.4, 0.5) is 0 Å². The van der Waals surface area contributed by atoms with Crippen molar-refractivity contribution in [2.75, 3.05) is 6.54 Å². The van der Waals surface area contributed by atoms with Gasteiger partial charge in [-0.15, -0.1) is 10.2 Å². The summed E-state index contributed by atoms with van der Waals surface area (Å²) in [6, 6.07) is 0.728. The molecule has 0 amide bonds. The minimum Gasteiger partial charge on any atom is -0.317 e. The monoisotopic (exact) mass is 304 g/mol. The molecule has 1 saturated carbocycles. The Kier molecular flexibility index (Phi) is 5.17. The van der Waals surface area contributed by atoms with Crippen LogP contribution in [0.3, 0.4) is 0 Å². The van der Waals surface area contributed by atoms with Gasteiger partial charge in [0.15, 0.2) is 0 Å². The molecule has 0 N–H and O–H groups in total. The largest absolute Gasteiger partial charge is 0.317 e. The summed E-state index contributed by atoms with van der Waals surface area (Å²) in [5.41, 5.74) is 0. The highest BCUT2D eigenvalue weighted by Crippen LogP contribution is 2.35. The first-order chi connectivity index (χ1) is 10.6. The van der Waals surface area contributed by atoms with Crippen molar-refractivity contribution in [2.45, 2.75) is 83.7 Å². The molecule has 1 atom stereocenters. The number of hydrogen-bond donors (Lipinski definition) is 0. The fourth-order valence-electron chi connectivity index (χ4n) is 3.97. The third-order valence-electron chi connectivity index (χ3n) is 5.56. The number of likely N-dealkylation sites (tertiary alicyclic amines) is 1. The van der Waals surface area contributed by atoms with Gasteiger partial charge in [-0.3, -0.25) is 4.90 Å². The van der Waals surface area contributed by atoms with Crippen LogP contribution in [0.2, 0.25) is 0 Å². The van der Waals surface area contributed by atoms with E-state index in [1.807, 2.05) is 0 Å². The first-order valence-corrected chi connectivity index (χ1v) is 9.27. The van der Waals surface area contributed by atoms with Crippen molar-refractivity contribution in [2.24, 2.45) is 13.0 Å². The summed E-state index contributed by atoms with van der Waals surface area (Å²) in [5, 5.41) is 9.03. The lowest BCUT2D eigenvalue weighted by Crippen LogP contribution is -2.36. The Bertz CT molecular complexity index is 475. The minimum absolute atomic E-state index is 0.668. The number of hydrogen-bond acceptors (Lipinski definition) is 3. The molecule has 0 aromatic carbocycles. The highest BCUT2D eigenvalue weighted by Gasteiger charge is 2.27. The molecule has 4 heteroatoms. The maximum atomic E-state index is 4.53. The summed E-state index contributed by atoms with van der Waals surface area (Å²) >= 11 is 0. The maximum Gasteiger partial charge on any atom is 0.146 e. The van der Waals surface area contributed by atoms with E-state index in [4.69, 9.17) is 0 Å². The van der Waals surface area contributed by atoms with Crippen LogP contribution in [-0.4, -0.2) is 32.3 Å².